The third-order valence-corrected chi connectivity index (χ3v) is 3.91. The summed E-state index contributed by atoms with van der Waals surface area (Å²) < 4.78 is 11.1. The summed E-state index contributed by atoms with van der Waals surface area (Å²) in [7, 11) is 1.58. The van der Waals surface area contributed by atoms with Crippen LogP contribution in [0.3, 0.4) is 0 Å². The number of hydrogen-bond acceptors (Lipinski definition) is 6. The SMILES string of the molecule is COc1ccc(C=NNc2ccccc2)cc1COc1cccc([N+](=O)[O-])c1. The summed E-state index contributed by atoms with van der Waals surface area (Å²) in [6.45, 7) is 0.206. The number of anilines is 1. The van der Waals surface area contributed by atoms with Gasteiger partial charge in [0.25, 0.3) is 5.69 Å². The zero-order valence-electron chi connectivity index (χ0n) is 15.2. The molecule has 3 aromatic carbocycles. The summed E-state index contributed by atoms with van der Waals surface area (Å²) in [5.74, 6) is 1.08. The smallest absolute Gasteiger partial charge is 0.273 e. The van der Waals surface area contributed by atoms with E-state index < -0.39 is 4.92 Å². The first kappa shape index (κ1) is 18.9. The first-order valence-electron chi connectivity index (χ1n) is 8.54. The van der Waals surface area contributed by atoms with Crippen LogP contribution in [0.25, 0.3) is 0 Å². The van der Waals surface area contributed by atoms with E-state index >= 15 is 0 Å². The lowest BCUT2D eigenvalue weighted by Crippen LogP contribution is -2.01. The van der Waals surface area contributed by atoms with Crippen molar-refractivity contribution in [2.45, 2.75) is 6.61 Å². The number of ether oxygens (including phenoxy) is 2. The number of nitrogens with zero attached hydrogens (tertiary/aromatic N) is 2. The Balaban J connectivity index is 1.70. The highest BCUT2D eigenvalue weighted by Crippen LogP contribution is 2.24. The highest BCUT2D eigenvalue weighted by Gasteiger charge is 2.09. The van der Waals surface area contributed by atoms with Crippen LogP contribution in [-0.2, 0) is 6.61 Å². The topological polar surface area (TPSA) is 86.0 Å². The van der Waals surface area contributed by atoms with Crippen molar-refractivity contribution < 1.29 is 14.4 Å². The summed E-state index contributed by atoms with van der Waals surface area (Å²) in [4.78, 5) is 10.4. The van der Waals surface area contributed by atoms with Crippen LogP contribution in [0.4, 0.5) is 11.4 Å². The average molecular weight is 377 g/mol. The summed E-state index contributed by atoms with van der Waals surface area (Å²) in [6, 6.07) is 21.3. The van der Waals surface area contributed by atoms with Crippen LogP contribution in [0, 0.1) is 10.1 Å². The third-order valence-electron chi connectivity index (χ3n) is 3.91. The maximum Gasteiger partial charge on any atom is 0.273 e. The number of benzene rings is 3. The molecule has 142 valence electrons. The molecule has 28 heavy (non-hydrogen) atoms. The monoisotopic (exact) mass is 377 g/mol. The molecule has 0 aliphatic heterocycles. The number of nitrogens with one attached hydrogen (secondary N) is 1. The number of para-hydroxylation sites is 1. The molecule has 0 spiro atoms. The van der Waals surface area contributed by atoms with Crippen LogP contribution in [0.15, 0.2) is 77.9 Å². The zero-order valence-corrected chi connectivity index (χ0v) is 15.2. The van der Waals surface area contributed by atoms with Crippen molar-refractivity contribution in [2.24, 2.45) is 5.10 Å². The first-order chi connectivity index (χ1) is 13.7. The number of non-ortho nitro benzene ring substituents is 1. The Kier molecular flexibility index (Phi) is 6.20. The van der Waals surface area contributed by atoms with E-state index in [1.54, 1.807) is 25.5 Å². The lowest BCUT2D eigenvalue weighted by Gasteiger charge is -2.11. The standard InChI is InChI=1S/C21H19N3O4/c1-27-21-11-10-16(14-22-23-18-6-3-2-4-7-18)12-17(21)15-28-20-9-5-8-19(13-20)24(25)26/h2-14,23H,15H2,1H3. The van der Waals surface area contributed by atoms with Gasteiger partial charge in [0.15, 0.2) is 0 Å². The van der Waals surface area contributed by atoms with Gasteiger partial charge in [-0.05, 0) is 42.0 Å². The van der Waals surface area contributed by atoms with Gasteiger partial charge in [-0.1, -0.05) is 24.3 Å². The molecule has 0 saturated carbocycles. The molecule has 1 N–H and O–H groups in total. The van der Waals surface area contributed by atoms with Crippen molar-refractivity contribution in [1.29, 1.82) is 0 Å². The van der Waals surface area contributed by atoms with Gasteiger partial charge in [-0.3, -0.25) is 15.5 Å². The largest absolute Gasteiger partial charge is 0.496 e. The third kappa shape index (κ3) is 5.07. The van der Waals surface area contributed by atoms with Gasteiger partial charge in [0.2, 0.25) is 0 Å². The van der Waals surface area contributed by atoms with E-state index in [9.17, 15) is 10.1 Å². The highest BCUT2D eigenvalue weighted by atomic mass is 16.6. The average Bonchev–Trinajstić information content (AvgIpc) is 2.73. The maximum absolute atomic E-state index is 10.9. The van der Waals surface area contributed by atoms with Gasteiger partial charge in [-0.2, -0.15) is 5.10 Å². The second kappa shape index (κ2) is 9.18. The van der Waals surface area contributed by atoms with E-state index in [0.717, 1.165) is 16.8 Å². The molecule has 0 aliphatic rings. The predicted molar refractivity (Wildman–Crippen MR) is 108 cm³/mol. The van der Waals surface area contributed by atoms with E-state index in [0.29, 0.717) is 11.5 Å². The molecular weight excluding hydrogens is 358 g/mol. The van der Waals surface area contributed by atoms with Crippen LogP contribution >= 0.6 is 0 Å². The minimum absolute atomic E-state index is 0.0164. The summed E-state index contributed by atoms with van der Waals surface area (Å²) in [6.07, 6.45) is 1.70. The molecule has 0 aromatic heterocycles. The highest BCUT2D eigenvalue weighted by molar-refractivity contribution is 5.81. The molecule has 3 rings (SSSR count). The van der Waals surface area contributed by atoms with Crippen LogP contribution in [0.1, 0.15) is 11.1 Å². The molecule has 0 fully saturated rings. The van der Waals surface area contributed by atoms with Gasteiger partial charge >= 0.3 is 0 Å². The Bertz CT molecular complexity index is 974. The van der Waals surface area contributed by atoms with E-state index in [2.05, 4.69) is 10.5 Å². The number of hydrazone groups is 1. The van der Waals surface area contributed by atoms with Gasteiger partial charge in [-0.25, -0.2) is 0 Å². The molecule has 0 radical (unpaired) electrons. The van der Waals surface area contributed by atoms with Gasteiger partial charge < -0.3 is 9.47 Å². The number of nitro benzene ring substituents is 1. The summed E-state index contributed by atoms with van der Waals surface area (Å²) in [5.41, 5.74) is 5.50. The molecule has 3 aromatic rings. The van der Waals surface area contributed by atoms with Gasteiger partial charge in [-0.15, -0.1) is 0 Å². The summed E-state index contributed by atoms with van der Waals surface area (Å²) in [5, 5.41) is 15.1. The molecule has 7 heteroatoms. The second-order valence-corrected chi connectivity index (χ2v) is 5.85. The maximum atomic E-state index is 10.9. The van der Waals surface area contributed by atoms with E-state index in [4.69, 9.17) is 9.47 Å². The number of methoxy groups -OCH3 is 1. The van der Waals surface area contributed by atoms with Gasteiger partial charge in [0.1, 0.15) is 18.1 Å². The Morgan fingerprint density at radius 1 is 1.07 bits per heavy atom. The molecule has 0 saturated heterocycles. The Morgan fingerprint density at radius 3 is 2.64 bits per heavy atom. The molecule has 7 nitrogen and oxygen atoms in total. The minimum atomic E-state index is -0.454. The number of rotatable bonds is 8. The predicted octanol–water partition coefficient (Wildman–Crippen LogP) is 4.63. The van der Waals surface area contributed by atoms with E-state index in [1.807, 2.05) is 48.5 Å². The zero-order chi connectivity index (χ0) is 19.8. The normalized spacial score (nSPS) is 10.6. The van der Waals surface area contributed by atoms with Gasteiger partial charge in [0.05, 0.1) is 30.0 Å². The number of hydrogen-bond donors (Lipinski definition) is 1. The van der Waals surface area contributed by atoms with E-state index in [-0.39, 0.29) is 12.3 Å². The lowest BCUT2D eigenvalue weighted by atomic mass is 10.1. The van der Waals surface area contributed by atoms with Crippen molar-refractivity contribution in [3.05, 3.63) is 94.0 Å². The Morgan fingerprint density at radius 2 is 1.89 bits per heavy atom. The van der Waals surface area contributed by atoms with Crippen LogP contribution in [0.2, 0.25) is 0 Å². The van der Waals surface area contributed by atoms with E-state index in [1.165, 1.54) is 12.1 Å². The fourth-order valence-electron chi connectivity index (χ4n) is 2.53. The molecular formula is C21H19N3O4. The van der Waals surface area contributed by atoms with Crippen molar-refractivity contribution in [3.63, 3.8) is 0 Å². The van der Waals surface area contributed by atoms with Crippen LogP contribution in [-0.4, -0.2) is 18.2 Å². The molecule has 0 atom stereocenters. The lowest BCUT2D eigenvalue weighted by molar-refractivity contribution is -0.384. The van der Waals surface area contributed by atoms with Crippen molar-refractivity contribution in [1.82, 2.24) is 0 Å². The first-order valence-corrected chi connectivity index (χ1v) is 8.54. The minimum Gasteiger partial charge on any atom is -0.496 e. The number of nitro groups is 1. The summed E-state index contributed by atoms with van der Waals surface area (Å²) >= 11 is 0. The fraction of sp³-hybridized carbons (Fsp3) is 0.0952. The van der Waals surface area contributed by atoms with Crippen molar-refractivity contribution >= 4 is 17.6 Å². The molecule has 0 amide bonds. The Labute approximate surface area is 162 Å². The molecule has 0 bridgehead atoms. The molecule has 0 unspecified atom stereocenters. The Hall–Kier alpha value is -3.87. The van der Waals surface area contributed by atoms with Gasteiger partial charge in [0, 0.05) is 11.6 Å². The van der Waals surface area contributed by atoms with Crippen molar-refractivity contribution in [2.75, 3.05) is 12.5 Å². The quantitative estimate of drug-likeness (QED) is 0.351. The molecule has 0 aliphatic carbocycles. The second-order valence-electron chi connectivity index (χ2n) is 5.85. The van der Waals surface area contributed by atoms with Crippen LogP contribution in [0.5, 0.6) is 11.5 Å². The van der Waals surface area contributed by atoms with Crippen molar-refractivity contribution in [3.8, 4) is 11.5 Å². The molecule has 0 heterocycles. The van der Waals surface area contributed by atoms with Crippen LogP contribution < -0.4 is 14.9 Å². The fourth-order valence-corrected chi connectivity index (χ4v) is 2.53.